The van der Waals surface area contributed by atoms with E-state index in [4.69, 9.17) is 5.11 Å². The Morgan fingerprint density at radius 3 is 2.31 bits per heavy atom. The molecular weight excluding hydrogens is 396 g/mol. The minimum atomic E-state index is -3.81. The average molecular weight is 412 g/mol. The molecule has 0 radical (unpaired) electrons. The Bertz CT molecular complexity index is 1190. The van der Waals surface area contributed by atoms with E-state index in [-0.39, 0.29) is 22.0 Å². The van der Waals surface area contributed by atoms with Crippen molar-refractivity contribution in [2.45, 2.75) is 11.8 Å². The molecule has 0 unspecified atom stereocenters. The number of aromatic nitrogens is 1. The van der Waals surface area contributed by atoms with E-state index < -0.39 is 21.7 Å². The number of phenols is 1. The van der Waals surface area contributed by atoms with Crippen LogP contribution in [-0.2, 0) is 10.0 Å². The zero-order chi connectivity index (χ0) is 21.0. The number of aromatic hydroxyl groups is 1. The lowest BCUT2D eigenvalue weighted by atomic mass is 10.2. The van der Waals surface area contributed by atoms with Crippen LogP contribution in [-0.4, -0.2) is 29.6 Å². The maximum Gasteiger partial charge on any atom is 0.339 e. The zero-order valence-electron chi connectivity index (χ0n) is 15.1. The van der Waals surface area contributed by atoms with Crippen molar-refractivity contribution in [3.05, 3.63) is 71.9 Å². The molecule has 0 spiro atoms. The number of carboxylic acid groups (broad SMARTS) is 1. The molecule has 1 aromatic heterocycles. The van der Waals surface area contributed by atoms with Gasteiger partial charge in [0.05, 0.1) is 16.3 Å². The number of rotatable bonds is 6. The van der Waals surface area contributed by atoms with Crippen molar-refractivity contribution in [2.75, 3.05) is 4.72 Å². The van der Waals surface area contributed by atoms with Crippen molar-refractivity contribution in [3.63, 3.8) is 0 Å². The van der Waals surface area contributed by atoms with Crippen LogP contribution in [0, 0.1) is 6.92 Å². The van der Waals surface area contributed by atoms with Crippen LogP contribution >= 0.6 is 0 Å². The topological polar surface area (TPSA) is 141 Å². The summed E-state index contributed by atoms with van der Waals surface area (Å²) in [7, 11) is -3.81. The normalized spacial score (nSPS) is 11.5. The number of carboxylic acids is 1. The van der Waals surface area contributed by atoms with Crippen molar-refractivity contribution in [2.24, 2.45) is 10.2 Å². The third-order valence-corrected chi connectivity index (χ3v) is 5.24. The number of azo groups is 1. The van der Waals surface area contributed by atoms with Gasteiger partial charge in [0.1, 0.15) is 17.1 Å². The number of aromatic carboxylic acids is 1. The van der Waals surface area contributed by atoms with Crippen LogP contribution in [0.2, 0.25) is 0 Å². The first-order valence-electron chi connectivity index (χ1n) is 8.29. The highest BCUT2D eigenvalue weighted by Crippen LogP contribution is 2.26. The van der Waals surface area contributed by atoms with E-state index in [2.05, 4.69) is 19.9 Å². The quantitative estimate of drug-likeness (QED) is 0.522. The van der Waals surface area contributed by atoms with Gasteiger partial charge in [0.2, 0.25) is 0 Å². The Balaban J connectivity index is 1.76. The van der Waals surface area contributed by atoms with Gasteiger partial charge in [0.15, 0.2) is 0 Å². The molecule has 3 aromatic rings. The number of anilines is 1. The van der Waals surface area contributed by atoms with Gasteiger partial charge in [-0.3, -0.25) is 4.72 Å². The fourth-order valence-corrected chi connectivity index (χ4v) is 3.43. The van der Waals surface area contributed by atoms with E-state index in [9.17, 15) is 18.3 Å². The molecule has 0 amide bonds. The minimum absolute atomic E-state index is 0.0324. The van der Waals surface area contributed by atoms with Crippen molar-refractivity contribution in [3.8, 4) is 5.75 Å². The number of nitrogens with zero attached hydrogens (tertiary/aromatic N) is 3. The molecule has 0 atom stereocenters. The van der Waals surface area contributed by atoms with Crippen molar-refractivity contribution in [1.29, 1.82) is 0 Å². The Morgan fingerprint density at radius 1 is 1.03 bits per heavy atom. The van der Waals surface area contributed by atoms with Gasteiger partial charge in [-0.15, -0.1) is 0 Å². The molecule has 3 rings (SSSR count). The third-order valence-electron chi connectivity index (χ3n) is 3.88. The van der Waals surface area contributed by atoms with Gasteiger partial charge in [-0.25, -0.2) is 18.2 Å². The minimum Gasteiger partial charge on any atom is -0.507 e. The Hall–Kier alpha value is -3.79. The molecule has 3 N–H and O–H groups in total. The molecule has 2 aromatic carbocycles. The van der Waals surface area contributed by atoms with E-state index in [1.54, 1.807) is 19.1 Å². The number of sulfonamides is 1. The Labute approximate surface area is 166 Å². The molecule has 0 aliphatic carbocycles. The summed E-state index contributed by atoms with van der Waals surface area (Å²) in [6.45, 7) is 1.75. The summed E-state index contributed by atoms with van der Waals surface area (Å²) in [5, 5.41) is 26.4. The standard InChI is InChI=1S/C19H16N4O5S/c1-12-3-2-10-20-18(12)23-29(27,28)15-7-4-13(5-8-15)21-22-14-6-9-16(19(25)26)17(24)11-14/h2-11,24H,1H3,(H,20,23)(H,25,26). The first-order chi connectivity index (χ1) is 13.8. The lowest BCUT2D eigenvalue weighted by Crippen LogP contribution is -2.14. The first kappa shape index (κ1) is 20.0. The summed E-state index contributed by atoms with van der Waals surface area (Å²) in [5.74, 6) is -1.43. The van der Waals surface area contributed by atoms with Crippen LogP contribution in [0.15, 0.2) is 75.9 Å². The van der Waals surface area contributed by atoms with E-state index in [1.165, 1.54) is 48.7 Å². The van der Waals surface area contributed by atoms with Gasteiger partial charge in [-0.2, -0.15) is 10.2 Å². The zero-order valence-corrected chi connectivity index (χ0v) is 16.0. The lowest BCUT2D eigenvalue weighted by Gasteiger charge is -2.09. The van der Waals surface area contributed by atoms with Gasteiger partial charge in [-0.05, 0) is 55.0 Å². The van der Waals surface area contributed by atoms with E-state index in [1.807, 2.05) is 0 Å². The Morgan fingerprint density at radius 2 is 1.69 bits per heavy atom. The summed E-state index contributed by atoms with van der Waals surface area (Å²) in [6, 6.07) is 12.9. The number of hydrogen-bond acceptors (Lipinski definition) is 7. The molecule has 0 fully saturated rings. The van der Waals surface area contributed by atoms with Crippen LogP contribution in [0.4, 0.5) is 17.2 Å². The number of carbonyl (C=O) groups is 1. The summed E-state index contributed by atoms with van der Waals surface area (Å²) in [6.07, 6.45) is 1.50. The predicted molar refractivity (Wildman–Crippen MR) is 105 cm³/mol. The largest absolute Gasteiger partial charge is 0.507 e. The van der Waals surface area contributed by atoms with Crippen molar-refractivity contribution >= 4 is 33.2 Å². The number of aryl methyl sites for hydroxylation is 1. The van der Waals surface area contributed by atoms with E-state index in [0.29, 0.717) is 11.3 Å². The maximum absolute atomic E-state index is 12.5. The maximum atomic E-state index is 12.5. The summed E-state index contributed by atoms with van der Waals surface area (Å²) >= 11 is 0. The molecule has 0 aliphatic rings. The molecule has 0 aliphatic heterocycles. The molecular formula is C19H16N4O5S. The van der Waals surface area contributed by atoms with E-state index in [0.717, 1.165) is 0 Å². The molecule has 148 valence electrons. The van der Waals surface area contributed by atoms with Crippen LogP contribution in [0.5, 0.6) is 5.75 Å². The fraction of sp³-hybridized carbons (Fsp3) is 0.0526. The second-order valence-corrected chi connectivity index (χ2v) is 7.66. The van der Waals surface area contributed by atoms with Gasteiger partial charge >= 0.3 is 5.97 Å². The molecule has 10 heteroatoms. The third kappa shape index (κ3) is 4.74. The molecule has 1 heterocycles. The second-order valence-electron chi connectivity index (χ2n) is 5.97. The second kappa shape index (κ2) is 8.07. The van der Waals surface area contributed by atoms with Crippen molar-refractivity contribution in [1.82, 2.24) is 4.98 Å². The highest BCUT2D eigenvalue weighted by Gasteiger charge is 2.15. The van der Waals surface area contributed by atoms with Crippen LogP contribution in [0.25, 0.3) is 0 Å². The number of hydrogen-bond donors (Lipinski definition) is 3. The van der Waals surface area contributed by atoms with Gasteiger partial charge in [0.25, 0.3) is 10.0 Å². The molecule has 29 heavy (non-hydrogen) atoms. The highest BCUT2D eigenvalue weighted by atomic mass is 32.2. The molecule has 0 saturated heterocycles. The summed E-state index contributed by atoms with van der Waals surface area (Å²) in [4.78, 5) is 14.9. The van der Waals surface area contributed by atoms with Crippen LogP contribution < -0.4 is 4.72 Å². The smallest absolute Gasteiger partial charge is 0.339 e. The summed E-state index contributed by atoms with van der Waals surface area (Å²) < 4.78 is 27.4. The lowest BCUT2D eigenvalue weighted by molar-refractivity contribution is 0.0693. The molecule has 0 bridgehead atoms. The predicted octanol–water partition coefficient (Wildman–Crippen LogP) is 4.01. The fourth-order valence-electron chi connectivity index (χ4n) is 2.35. The monoisotopic (exact) mass is 412 g/mol. The van der Waals surface area contributed by atoms with Gasteiger partial charge < -0.3 is 10.2 Å². The first-order valence-corrected chi connectivity index (χ1v) is 9.77. The van der Waals surface area contributed by atoms with E-state index >= 15 is 0 Å². The van der Waals surface area contributed by atoms with Crippen LogP contribution in [0.1, 0.15) is 15.9 Å². The Kier molecular flexibility index (Phi) is 5.55. The van der Waals surface area contributed by atoms with Crippen LogP contribution in [0.3, 0.4) is 0 Å². The number of nitrogens with one attached hydrogen (secondary N) is 1. The summed E-state index contributed by atoms with van der Waals surface area (Å²) in [5.41, 5.74) is 1.07. The SMILES string of the molecule is Cc1cccnc1NS(=O)(=O)c1ccc(N=Nc2ccc(C(=O)O)c(O)c2)cc1. The molecule has 0 saturated carbocycles. The number of benzene rings is 2. The van der Waals surface area contributed by atoms with Gasteiger partial charge in [0, 0.05) is 12.3 Å². The van der Waals surface area contributed by atoms with Gasteiger partial charge in [-0.1, -0.05) is 6.07 Å². The van der Waals surface area contributed by atoms with Crippen molar-refractivity contribution < 1.29 is 23.4 Å². The average Bonchev–Trinajstić information content (AvgIpc) is 2.68. The highest BCUT2D eigenvalue weighted by molar-refractivity contribution is 7.92. The number of pyridine rings is 1. The molecule has 9 nitrogen and oxygen atoms in total.